The Morgan fingerprint density at radius 3 is 2.54 bits per heavy atom. The quantitative estimate of drug-likeness (QED) is 0.653. The molecule has 1 aliphatic rings. The van der Waals surface area contributed by atoms with Crippen LogP contribution in [0.5, 0.6) is 0 Å². The normalized spacial score (nSPS) is 22.3. The van der Waals surface area contributed by atoms with Crippen molar-refractivity contribution < 1.29 is 0 Å². The maximum Gasteiger partial charge on any atom is 0.0991 e. The molecular formula is C23H23N. The Hall–Kier alpha value is -2.59. The van der Waals surface area contributed by atoms with Crippen LogP contribution in [0.15, 0.2) is 67.3 Å². The van der Waals surface area contributed by atoms with Gasteiger partial charge in [0.1, 0.15) is 0 Å². The van der Waals surface area contributed by atoms with Crippen LogP contribution in [0, 0.1) is 17.2 Å². The van der Waals surface area contributed by atoms with E-state index in [2.05, 4.69) is 62.9 Å². The van der Waals surface area contributed by atoms with E-state index in [9.17, 15) is 0 Å². The van der Waals surface area contributed by atoms with E-state index in [-0.39, 0.29) is 0 Å². The van der Waals surface area contributed by atoms with Crippen molar-refractivity contribution >= 4 is 5.57 Å². The largest absolute Gasteiger partial charge is 0.192 e. The third kappa shape index (κ3) is 3.19. The Kier molecular flexibility index (Phi) is 4.40. The van der Waals surface area contributed by atoms with Crippen LogP contribution in [0.3, 0.4) is 0 Å². The van der Waals surface area contributed by atoms with E-state index < -0.39 is 0 Å². The molecule has 0 N–H and O–H groups in total. The molecule has 0 aromatic heterocycles. The highest BCUT2D eigenvalue weighted by Crippen LogP contribution is 2.54. The van der Waals surface area contributed by atoms with Crippen molar-refractivity contribution in [1.82, 2.24) is 0 Å². The maximum absolute atomic E-state index is 8.86. The van der Waals surface area contributed by atoms with Crippen molar-refractivity contribution in [2.75, 3.05) is 0 Å². The predicted octanol–water partition coefficient (Wildman–Crippen LogP) is 5.67. The van der Waals surface area contributed by atoms with Crippen LogP contribution >= 0.6 is 0 Å². The second kappa shape index (κ2) is 6.49. The van der Waals surface area contributed by atoms with Crippen molar-refractivity contribution in [3.63, 3.8) is 0 Å². The first-order valence-corrected chi connectivity index (χ1v) is 8.49. The van der Waals surface area contributed by atoms with Crippen LogP contribution in [0.4, 0.5) is 0 Å². The average Bonchev–Trinajstić information content (AvgIpc) is 3.23. The lowest BCUT2D eigenvalue weighted by Gasteiger charge is -2.15. The molecule has 0 amide bonds. The molecule has 0 saturated heterocycles. The summed E-state index contributed by atoms with van der Waals surface area (Å²) in [5, 5.41) is 8.86. The molecule has 1 nitrogen and oxygen atoms in total. The number of hydrogen-bond acceptors (Lipinski definition) is 1. The first kappa shape index (κ1) is 16.3. The zero-order valence-electron chi connectivity index (χ0n) is 14.4. The van der Waals surface area contributed by atoms with E-state index in [4.69, 9.17) is 5.26 Å². The van der Waals surface area contributed by atoms with Crippen molar-refractivity contribution in [3.8, 4) is 6.07 Å². The molecule has 0 spiro atoms. The highest BCUT2D eigenvalue weighted by molar-refractivity contribution is 5.72. The number of benzene rings is 2. The summed E-state index contributed by atoms with van der Waals surface area (Å²) < 4.78 is 0. The zero-order valence-corrected chi connectivity index (χ0v) is 14.4. The van der Waals surface area contributed by atoms with Gasteiger partial charge in [0.2, 0.25) is 0 Å². The Morgan fingerprint density at radius 2 is 1.92 bits per heavy atom. The maximum atomic E-state index is 8.86. The van der Waals surface area contributed by atoms with Gasteiger partial charge in [-0.15, -0.1) is 0 Å². The van der Waals surface area contributed by atoms with Gasteiger partial charge in [0, 0.05) is 0 Å². The number of allylic oxidation sites excluding steroid dienone is 3. The summed E-state index contributed by atoms with van der Waals surface area (Å²) in [5.41, 5.74) is 5.97. The summed E-state index contributed by atoms with van der Waals surface area (Å²) in [6, 6.07) is 18.5. The highest BCUT2D eigenvalue weighted by Gasteiger charge is 2.48. The molecule has 120 valence electrons. The minimum absolute atomic E-state index is 0.356. The Balaban J connectivity index is 1.71. The van der Waals surface area contributed by atoms with E-state index in [0.29, 0.717) is 11.0 Å². The van der Waals surface area contributed by atoms with Crippen molar-refractivity contribution in [2.24, 2.45) is 5.92 Å². The minimum Gasteiger partial charge on any atom is -0.192 e. The van der Waals surface area contributed by atoms with Crippen LogP contribution in [-0.2, 0) is 11.8 Å². The first-order chi connectivity index (χ1) is 11.5. The molecule has 2 unspecified atom stereocenters. The van der Waals surface area contributed by atoms with E-state index >= 15 is 0 Å². The molecule has 3 rings (SSSR count). The minimum atomic E-state index is 0.356. The van der Waals surface area contributed by atoms with Crippen LogP contribution in [0.25, 0.3) is 5.57 Å². The molecule has 1 aliphatic carbocycles. The molecule has 2 atom stereocenters. The van der Waals surface area contributed by atoms with Crippen molar-refractivity contribution in [2.45, 2.75) is 32.1 Å². The molecule has 0 bridgehead atoms. The number of hydrogen-bond donors (Lipinski definition) is 0. The zero-order chi connectivity index (χ0) is 17.2. The molecular weight excluding hydrogens is 290 g/mol. The highest BCUT2D eigenvalue weighted by atomic mass is 14.5. The number of nitriles is 1. The van der Waals surface area contributed by atoms with Crippen molar-refractivity contribution in [3.05, 3.63) is 89.5 Å². The fourth-order valence-corrected chi connectivity index (χ4v) is 3.39. The molecule has 24 heavy (non-hydrogen) atoms. The topological polar surface area (TPSA) is 23.8 Å². The lowest BCUT2D eigenvalue weighted by atomic mass is 9.89. The molecule has 0 radical (unpaired) electrons. The fraction of sp³-hybridized carbons (Fsp3) is 0.261. The van der Waals surface area contributed by atoms with Gasteiger partial charge in [-0.05, 0) is 58.6 Å². The molecule has 1 fully saturated rings. The standard InChI is InChI=1S/C23H23N/c1-17(20-13-11-19(16-24)12-14-20)7-6-9-21-8-4-5-10-22(21)23(3)15-18(23)2/h4-8,10-14,18H,1,9,15H2,2-3H3/b7-6-. The fourth-order valence-electron chi connectivity index (χ4n) is 3.39. The summed E-state index contributed by atoms with van der Waals surface area (Å²) in [5.74, 6) is 0.774. The van der Waals surface area contributed by atoms with Crippen LogP contribution in [0.1, 0.15) is 42.5 Å². The third-order valence-corrected chi connectivity index (χ3v) is 5.33. The predicted molar refractivity (Wildman–Crippen MR) is 101 cm³/mol. The summed E-state index contributed by atoms with van der Waals surface area (Å²) in [4.78, 5) is 0. The van der Waals surface area contributed by atoms with Crippen molar-refractivity contribution in [1.29, 1.82) is 5.26 Å². The van der Waals surface area contributed by atoms with E-state index in [0.717, 1.165) is 23.5 Å². The summed E-state index contributed by atoms with van der Waals surface area (Å²) in [6.07, 6.45) is 6.48. The van der Waals surface area contributed by atoms with Gasteiger partial charge in [-0.3, -0.25) is 0 Å². The van der Waals surface area contributed by atoms with Gasteiger partial charge in [-0.2, -0.15) is 5.26 Å². The van der Waals surface area contributed by atoms with Crippen LogP contribution in [-0.4, -0.2) is 0 Å². The molecule has 2 aromatic rings. The Morgan fingerprint density at radius 1 is 1.25 bits per heavy atom. The average molecular weight is 313 g/mol. The Labute approximate surface area is 145 Å². The van der Waals surface area contributed by atoms with Gasteiger partial charge < -0.3 is 0 Å². The Bertz CT molecular complexity index is 820. The van der Waals surface area contributed by atoms with Gasteiger partial charge in [0.05, 0.1) is 11.6 Å². The second-order valence-electron chi connectivity index (χ2n) is 7.00. The van der Waals surface area contributed by atoms with E-state index in [1.54, 1.807) is 0 Å². The van der Waals surface area contributed by atoms with E-state index in [1.165, 1.54) is 17.5 Å². The monoisotopic (exact) mass is 313 g/mol. The van der Waals surface area contributed by atoms with Gasteiger partial charge in [-0.25, -0.2) is 0 Å². The summed E-state index contributed by atoms with van der Waals surface area (Å²) >= 11 is 0. The molecule has 2 aromatic carbocycles. The second-order valence-corrected chi connectivity index (χ2v) is 7.00. The number of rotatable bonds is 5. The molecule has 1 heteroatoms. The molecule has 1 saturated carbocycles. The SMILES string of the molecule is C=C(/C=C\Cc1ccccc1C1(C)CC1C)c1ccc(C#N)cc1. The van der Waals surface area contributed by atoms with Crippen LogP contribution in [0.2, 0.25) is 0 Å². The molecule has 0 aliphatic heterocycles. The lowest BCUT2D eigenvalue weighted by Crippen LogP contribution is -2.06. The third-order valence-electron chi connectivity index (χ3n) is 5.33. The van der Waals surface area contributed by atoms with Gasteiger partial charge in [-0.1, -0.05) is 69.0 Å². The lowest BCUT2D eigenvalue weighted by molar-refractivity contribution is 0.694. The van der Waals surface area contributed by atoms with Crippen LogP contribution < -0.4 is 0 Å². The first-order valence-electron chi connectivity index (χ1n) is 8.49. The summed E-state index contributed by atoms with van der Waals surface area (Å²) in [7, 11) is 0. The van der Waals surface area contributed by atoms with E-state index in [1.807, 2.05) is 24.3 Å². The molecule has 0 heterocycles. The smallest absolute Gasteiger partial charge is 0.0991 e. The van der Waals surface area contributed by atoms with Gasteiger partial charge in [0.25, 0.3) is 0 Å². The number of nitrogens with zero attached hydrogens (tertiary/aromatic N) is 1. The van der Waals surface area contributed by atoms with Gasteiger partial charge in [0.15, 0.2) is 0 Å². The summed E-state index contributed by atoms with van der Waals surface area (Å²) in [6.45, 7) is 8.84. The van der Waals surface area contributed by atoms with Gasteiger partial charge >= 0.3 is 0 Å².